The first-order chi connectivity index (χ1) is 9.85. The minimum Gasteiger partial charge on any atom is -0.373 e. The predicted molar refractivity (Wildman–Crippen MR) is 90.1 cm³/mol. The summed E-state index contributed by atoms with van der Waals surface area (Å²) in [5, 5.41) is 3.20. The number of aromatic nitrogens is 2. The van der Waals surface area contributed by atoms with Crippen LogP contribution in [0, 0.1) is 27.7 Å². The van der Waals surface area contributed by atoms with Crippen molar-refractivity contribution in [3.8, 4) is 11.3 Å². The van der Waals surface area contributed by atoms with Gasteiger partial charge in [-0.15, -0.1) is 0 Å². The highest BCUT2D eigenvalue weighted by Gasteiger charge is 2.15. The highest BCUT2D eigenvalue weighted by Crippen LogP contribution is 2.31. The molecule has 0 atom stereocenters. The Morgan fingerprint density at radius 3 is 2.10 bits per heavy atom. The van der Waals surface area contributed by atoms with Gasteiger partial charge < -0.3 is 5.32 Å². The van der Waals surface area contributed by atoms with Crippen LogP contribution in [-0.4, -0.2) is 17.0 Å². The van der Waals surface area contributed by atoms with E-state index in [1.54, 1.807) is 0 Å². The normalized spacial score (nSPS) is 11.0. The lowest BCUT2D eigenvalue weighted by Gasteiger charge is -2.16. The van der Waals surface area contributed by atoms with Crippen molar-refractivity contribution < 1.29 is 0 Å². The molecule has 1 N–H and O–H groups in total. The molecule has 3 nitrogen and oxygen atoms in total. The number of anilines is 1. The van der Waals surface area contributed by atoms with Crippen LogP contribution in [0.15, 0.2) is 12.1 Å². The summed E-state index contributed by atoms with van der Waals surface area (Å²) in [7, 11) is 1.91. The summed E-state index contributed by atoms with van der Waals surface area (Å²) in [6, 6.07) is 4.48. The fourth-order valence-corrected chi connectivity index (χ4v) is 2.51. The van der Waals surface area contributed by atoms with Crippen LogP contribution in [0.2, 0.25) is 0 Å². The molecule has 0 radical (unpaired) electrons. The predicted octanol–water partition coefficient (Wildman–Crippen LogP) is 4.54. The average Bonchev–Trinajstić information content (AvgIpc) is 2.43. The van der Waals surface area contributed by atoms with E-state index in [-0.39, 0.29) is 0 Å². The number of aryl methyl sites for hydroxylation is 3. The molecule has 0 aliphatic heterocycles. The summed E-state index contributed by atoms with van der Waals surface area (Å²) < 4.78 is 0. The number of nitrogens with zero attached hydrogens (tertiary/aromatic N) is 2. The Labute approximate surface area is 127 Å². The summed E-state index contributed by atoms with van der Waals surface area (Å²) in [4.78, 5) is 9.46. The zero-order valence-corrected chi connectivity index (χ0v) is 14.1. The van der Waals surface area contributed by atoms with E-state index in [1.165, 1.54) is 22.3 Å². The fraction of sp³-hybridized carbons (Fsp3) is 0.444. The Morgan fingerprint density at radius 2 is 1.52 bits per heavy atom. The van der Waals surface area contributed by atoms with Gasteiger partial charge in [0.1, 0.15) is 11.6 Å². The Morgan fingerprint density at radius 1 is 0.905 bits per heavy atom. The molecule has 2 rings (SSSR count). The molecule has 21 heavy (non-hydrogen) atoms. The smallest absolute Gasteiger partial charge is 0.133 e. The van der Waals surface area contributed by atoms with Crippen LogP contribution in [-0.2, 0) is 0 Å². The van der Waals surface area contributed by atoms with E-state index in [0.29, 0.717) is 5.92 Å². The monoisotopic (exact) mass is 283 g/mol. The molecule has 112 valence electrons. The minimum absolute atomic E-state index is 0.309. The third-order valence-electron chi connectivity index (χ3n) is 4.01. The zero-order valence-electron chi connectivity index (χ0n) is 14.1. The molecule has 0 bridgehead atoms. The van der Waals surface area contributed by atoms with Crippen molar-refractivity contribution in [1.29, 1.82) is 0 Å². The molecule has 0 spiro atoms. The molecule has 0 saturated heterocycles. The third-order valence-corrected chi connectivity index (χ3v) is 4.01. The molecule has 0 amide bonds. The first-order valence-corrected chi connectivity index (χ1v) is 7.49. The minimum atomic E-state index is 0.309. The van der Waals surface area contributed by atoms with Gasteiger partial charge in [-0.05, 0) is 50.5 Å². The molecular weight excluding hydrogens is 258 g/mol. The molecule has 1 heterocycles. The first kappa shape index (κ1) is 15.5. The number of hydrogen-bond donors (Lipinski definition) is 1. The Hall–Kier alpha value is -1.90. The van der Waals surface area contributed by atoms with E-state index in [9.17, 15) is 0 Å². The molecule has 1 aromatic heterocycles. The van der Waals surface area contributed by atoms with E-state index in [2.05, 4.69) is 64.0 Å². The molecule has 1 aromatic carbocycles. The lowest BCUT2D eigenvalue weighted by atomic mass is 9.96. The fourth-order valence-electron chi connectivity index (χ4n) is 2.51. The van der Waals surface area contributed by atoms with Gasteiger partial charge >= 0.3 is 0 Å². The number of nitrogens with one attached hydrogen (secondary N) is 1. The van der Waals surface area contributed by atoms with Gasteiger partial charge in [0.25, 0.3) is 0 Å². The Bertz CT molecular complexity index is 673. The van der Waals surface area contributed by atoms with Gasteiger partial charge in [0.15, 0.2) is 0 Å². The van der Waals surface area contributed by atoms with E-state index in [0.717, 1.165) is 22.9 Å². The van der Waals surface area contributed by atoms with Gasteiger partial charge in [0.05, 0.1) is 5.69 Å². The summed E-state index contributed by atoms with van der Waals surface area (Å²) in [5.41, 5.74) is 7.23. The quantitative estimate of drug-likeness (QED) is 0.898. The van der Waals surface area contributed by atoms with Crippen molar-refractivity contribution in [3.05, 3.63) is 40.2 Å². The maximum Gasteiger partial charge on any atom is 0.133 e. The maximum absolute atomic E-state index is 4.83. The molecule has 2 aromatic rings. The lowest BCUT2D eigenvalue weighted by Crippen LogP contribution is -2.07. The van der Waals surface area contributed by atoms with Crippen LogP contribution in [0.25, 0.3) is 11.3 Å². The van der Waals surface area contributed by atoms with Crippen molar-refractivity contribution in [3.63, 3.8) is 0 Å². The second-order valence-corrected chi connectivity index (χ2v) is 6.06. The maximum atomic E-state index is 4.83. The average molecular weight is 283 g/mol. The number of rotatable bonds is 3. The Balaban J connectivity index is 2.73. The first-order valence-electron chi connectivity index (χ1n) is 7.49. The van der Waals surface area contributed by atoms with Crippen molar-refractivity contribution >= 4 is 5.82 Å². The summed E-state index contributed by atoms with van der Waals surface area (Å²) >= 11 is 0. The largest absolute Gasteiger partial charge is 0.373 e. The van der Waals surface area contributed by atoms with Crippen molar-refractivity contribution in [2.45, 2.75) is 47.5 Å². The van der Waals surface area contributed by atoms with Gasteiger partial charge in [-0.3, -0.25) is 0 Å². The summed E-state index contributed by atoms with van der Waals surface area (Å²) in [6.07, 6.45) is 0. The SMILES string of the molecule is CNc1nc(C(C)C)nc(-c2cc(C)c(C)cc2C)c1C. The molecule has 0 unspecified atom stereocenters. The van der Waals surface area contributed by atoms with Crippen LogP contribution in [0.1, 0.15) is 47.8 Å². The van der Waals surface area contributed by atoms with E-state index in [1.807, 2.05) is 7.05 Å². The van der Waals surface area contributed by atoms with Crippen molar-refractivity contribution in [1.82, 2.24) is 9.97 Å². The van der Waals surface area contributed by atoms with Gasteiger partial charge in [0, 0.05) is 24.1 Å². The second-order valence-electron chi connectivity index (χ2n) is 6.06. The van der Waals surface area contributed by atoms with Crippen molar-refractivity contribution in [2.24, 2.45) is 0 Å². The second kappa shape index (κ2) is 5.84. The van der Waals surface area contributed by atoms with Crippen LogP contribution in [0.4, 0.5) is 5.82 Å². The zero-order chi connectivity index (χ0) is 15.7. The molecule has 0 saturated carbocycles. The van der Waals surface area contributed by atoms with E-state index in [4.69, 9.17) is 4.98 Å². The highest BCUT2D eigenvalue weighted by molar-refractivity contribution is 5.72. The molecule has 0 fully saturated rings. The van der Waals surface area contributed by atoms with Crippen LogP contribution in [0.3, 0.4) is 0 Å². The standard InChI is InChI=1S/C18H25N3/c1-10(2)17-20-16(14(6)18(19-7)21-17)15-9-12(4)11(3)8-13(15)5/h8-10H,1-7H3,(H,19,20,21). The van der Waals surface area contributed by atoms with E-state index >= 15 is 0 Å². The van der Waals surface area contributed by atoms with Crippen molar-refractivity contribution in [2.75, 3.05) is 12.4 Å². The number of hydrogen-bond acceptors (Lipinski definition) is 3. The van der Waals surface area contributed by atoms with Crippen LogP contribution >= 0.6 is 0 Å². The topological polar surface area (TPSA) is 37.8 Å². The number of benzene rings is 1. The van der Waals surface area contributed by atoms with Gasteiger partial charge in [-0.25, -0.2) is 9.97 Å². The lowest BCUT2D eigenvalue weighted by molar-refractivity contribution is 0.775. The summed E-state index contributed by atoms with van der Waals surface area (Å²) in [5.74, 6) is 2.11. The molecular formula is C18H25N3. The molecule has 0 aliphatic rings. The van der Waals surface area contributed by atoms with Gasteiger partial charge in [0.2, 0.25) is 0 Å². The molecule has 3 heteroatoms. The summed E-state index contributed by atoms with van der Waals surface area (Å²) in [6.45, 7) is 12.8. The van der Waals surface area contributed by atoms with Crippen LogP contribution < -0.4 is 5.32 Å². The Kier molecular flexibility index (Phi) is 4.31. The van der Waals surface area contributed by atoms with E-state index < -0.39 is 0 Å². The van der Waals surface area contributed by atoms with Gasteiger partial charge in [-0.1, -0.05) is 19.9 Å². The molecule has 0 aliphatic carbocycles. The van der Waals surface area contributed by atoms with Crippen LogP contribution in [0.5, 0.6) is 0 Å². The highest BCUT2D eigenvalue weighted by atomic mass is 15.0. The third kappa shape index (κ3) is 2.92. The van der Waals surface area contributed by atoms with Gasteiger partial charge in [-0.2, -0.15) is 0 Å².